The zero-order valence-corrected chi connectivity index (χ0v) is 16.6. The molecule has 1 aliphatic rings. The van der Waals surface area contributed by atoms with Crippen LogP contribution in [0.5, 0.6) is 5.75 Å². The standard InChI is InChI=1S/C18H20N2O5S2/c1-11-9-15(20-25-11)19-17(22)12(2)24-16(21)10-23-14-5-3-13(4-6-14)18-26-7-8-27-18/h3-6,9,12,18H,7-8,10H2,1-2H3,(H,19,20,22)/t12-/m1/s1. The van der Waals surface area contributed by atoms with Gasteiger partial charge >= 0.3 is 5.97 Å². The summed E-state index contributed by atoms with van der Waals surface area (Å²) in [6, 6.07) is 9.26. The number of nitrogens with zero attached hydrogens (tertiary/aromatic N) is 1. The Morgan fingerprint density at radius 3 is 2.63 bits per heavy atom. The summed E-state index contributed by atoms with van der Waals surface area (Å²) in [5.74, 6) is 2.64. The first-order chi connectivity index (χ1) is 13.0. The summed E-state index contributed by atoms with van der Waals surface area (Å²) in [5.41, 5.74) is 1.24. The second-order valence-electron chi connectivity index (χ2n) is 5.88. The lowest BCUT2D eigenvalue weighted by Crippen LogP contribution is -2.31. The summed E-state index contributed by atoms with van der Waals surface area (Å²) in [7, 11) is 0. The van der Waals surface area contributed by atoms with Gasteiger partial charge in [-0.1, -0.05) is 17.3 Å². The summed E-state index contributed by atoms with van der Waals surface area (Å²) < 4.78 is 15.8. The summed E-state index contributed by atoms with van der Waals surface area (Å²) >= 11 is 3.86. The van der Waals surface area contributed by atoms with Gasteiger partial charge in [0, 0.05) is 17.6 Å². The van der Waals surface area contributed by atoms with Crippen molar-refractivity contribution in [1.82, 2.24) is 5.16 Å². The fourth-order valence-electron chi connectivity index (χ4n) is 2.35. The minimum Gasteiger partial charge on any atom is -0.482 e. The van der Waals surface area contributed by atoms with Crippen LogP contribution in [0.2, 0.25) is 0 Å². The molecule has 27 heavy (non-hydrogen) atoms. The van der Waals surface area contributed by atoms with Crippen molar-refractivity contribution >= 4 is 41.2 Å². The minimum absolute atomic E-state index is 0.271. The van der Waals surface area contributed by atoms with E-state index in [9.17, 15) is 9.59 Å². The van der Waals surface area contributed by atoms with Gasteiger partial charge in [0.05, 0.1) is 4.58 Å². The van der Waals surface area contributed by atoms with E-state index >= 15 is 0 Å². The Morgan fingerprint density at radius 1 is 1.30 bits per heavy atom. The van der Waals surface area contributed by atoms with E-state index in [2.05, 4.69) is 10.5 Å². The number of carbonyl (C=O) groups excluding carboxylic acids is 2. The molecule has 1 saturated heterocycles. The van der Waals surface area contributed by atoms with Gasteiger partial charge in [0.2, 0.25) is 0 Å². The van der Waals surface area contributed by atoms with Crippen molar-refractivity contribution in [2.45, 2.75) is 24.5 Å². The van der Waals surface area contributed by atoms with E-state index in [-0.39, 0.29) is 12.4 Å². The monoisotopic (exact) mass is 408 g/mol. The average Bonchev–Trinajstić information content (AvgIpc) is 3.32. The van der Waals surface area contributed by atoms with Gasteiger partial charge in [0.15, 0.2) is 18.5 Å². The number of hydrogen-bond acceptors (Lipinski definition) is 8. The number of ether oxygens (including phenoxy) is 2. The number of amides is 1. The second-order valence-corrected chi connectivity index (χ2v) is 8.60. The van der Waals surface area contributed by atoms with Gasteiger partial charge in [-0.2, -0.15) is 0 Å². The predicted molar refractivity (Wildman–Crippen MR) is 105 cm³/mol. The van der Waals surface area contributed by atoms with Crippen molar-refractivity contribution in [3.8, 4) is 5.75 Å². The van der Waals surface area contributed by atoms with Crippen LogP contribution < -0.4 is 10.1 Å². The first-order valence-electron chi connectivity index (χ1n) is 8.41. The molecule has 0 unspecified atom stereocenters. The van der Waals surface area contributed by atoms with Gasteiger partial charge in [-0.3, -0.25) is 4.79 Å². The van der Waals surface area contributed by atoms with Gasteiger partial charge in [-0.15, -0.1) is 23.5 Å². The van der Waals surface area contributed by atoms with Crippen LogP contribution in [-0.2, 0) is 14.3 Å². The molecule has 2 aromatic rings. The molecule has 2 heterocycles. The Balaban J connectivity index is 1.42. The van der Waals surface area contributed by atoms with E-state index in [0.717, 1.165) is 0 Å². The highest BCUT2D eigenvalue weighted by molar-refractivity contribution is 8.19. The molecule has 0 spiro atoms. The molecule has 1 fully saturated rings. The van der Waals surface area contributed by atoms with E-state index in [4.69, 9.17) is 14.0 Å². The van der Waals surface area contributed by atoms with Crippen molar-refractivity contribution in [3.63, 3.8) is 0 Å². The highest BCUT2D eigenvalue weighted by Gasteiger charge is 2.20. The SMILES string of the molecule is Cc1cc(NC(=O)[C@@H](C)OC(=O)COc2ccc(C3SCCS3)cc2)no1. The molecule has 1 amide bonds. The maximum atomic E-state index is 12.0. The second kappa shape index (κ2) is 9.18. The highest BCUT2D eigenvalue weighted by Crippen LogP contribution is 2.45. The van der Waals surface area contributed by atoms with Gasteiger partial charge in [0.1, 0.15) is 11.5 Å². The normalized spacial score (nSPS) is 15.3. The molecular weight excluding hydrogens is 388 g/mol. The largest absolute Gasteiger partial charge is 0.482 e. The van der Waals surface area contributed by atoms with Gasteiger partial charge in [-0.05, 0) is 31.5 Å². The molecule has 1 aromatic heterocycles. The van der Waals surface area contributed by atoms with Crippen molar-refractivity contribution in [2.24, 2.45) is 0 Å². The van der Waals surface area contributed by atoms with Crippen LogP contribution in [0.15, 0.2) is 34.9 Å². The number of anilines is 1. The fourth-order valence-corrected chi connectivity index (χ4v) is 5.21. The first kappa shape index (κ1) is 19.6. The molecule has 1 aromatic carbocycles. The molecule has 9 heteroatoms. The first-order valence-corrected chi connectivity index (χ1v) is 10.5. The van der Waals surface area contributed by atoms with Gasteiger partial charge < -0.3 is 19.3 Å². The van der Waals surface area contributed by atoms with E-state index in [0.29, 0.717) is 16.1 Å². The summed E-state index contributed by atoms with van der Waals surface area (Å²) in [6.45, 7) is 2.92. The fraction of sp³-hybridized carbons (Fsp3) is 0.389. The minimum atomic E-state index is -0.975. The molecule has 3 rings (SSSR count). The number of nitrogens with one attached hydrogen (secondary N) is 1. The van der Waals surface area contributed by atoms with E-state index in [1.54, 1.807) is 13.0 Å². The number of esters is 1. The molecule has 0 aliphatic carbocycles. The van der Waals surface area contributed by atoms with E-state index in [1.165, 1.54) is 24.0 Å². The number of rotatable bonds is 7. The quantitative estimate of drug-likeness (QED) is 0.697. The average molecular weight is 409 g/mol. The smallest absolute Gasteiger partial charge is 0.344 e. The number of thioether (sulfide) groups is 2. The maximum Gasteiger partial charge on any atom is 0.344 e. The Hall–Kier alpha value is -2.13. The molecule has 7 nitrogen and oxygen atoms in total. The third-order valence-electron chi connectivity index (χ3n) is 3.69. The van der Waals surface area contributed by atoms with Crippen LogP contribution in [0.3, 0.4) is 0 Å². The van der Waals surface area contributed by atoms with Crippen LogP contribution in [-0.4, -0.2) is 41.2 Å². The van der Waals surface area contributed by atoms with Crippen LogP contribution >= 0.6 is 23.5 Å². The number of hydrogen-bond donors (Lipinski definition) is 1. The van der Waals surface area contributed by atoms with Crippen molar-refractivity contribution in [2.75, 3.05) is 23.4 Å². The highest BCUT2D eigenvalue weighted by atomic mass is 32.2. The number of aryl methyl sites for hydroxylation is 1. The molecule has 1 aliphatic heterocycles. The topological polar surface area (TPSA) is 90.7 Å². The lowest BCUT2D eigenvalue weighted by Gasteiger charge is -2.13. The molecule has 0 bridgehead atoms. The van der Waals surface area contributed by atoms with Crippen LogP contribution in [0.25, 0.3) is 0 Å². The Bertz CT molecular complexity index is 787. The Morgan fingerprint density at radius 2 is 2.00 bits per heavy atom. The predicted octanol–water partition coefficient (Wildman–Crippen LogP) is 3.41. The third-order valence-corrected chi connectivity index (χ3v) is 6.79. The van der Waals surface area contributed by atoms with Crippen molar-refractivity contribution < 1.29 is 23.6 Å². The summed E-state index contributed by atoms with van der Waals surface area (Å²) in [4.78, 5) is 23.9. The Kier molecular flexibility index (Phi) is 6.68. The molecule has 1 atom stereocenters. The molecule has 0 radical (unpaired) electrons. The van der Waals surface area contributed by atoms with Crippen molar-refractivity contribution in [1.29, 1.82) is 0 Å². The lowest BCUT2D eigenvalue weighted by molar-refractivity contribution is -0.155. The molecular formula is C18H20N2O5S2. The van der Waals surface area contributed by atoms with Crippen LogP contribution in [0.1, 0.15) is 22.8 Å². The van der Waals surface area contributed by atoms with Crippen molar-refractivity contribution in [3.05, 3.63) is 41.7 Å². The van der Waals surface area contributed by atoms with Gasteiger partial charge in [0.25, 0.3) is 5.91 Å². The summed E-state index contributed by atoms with van der Waals surface area (Å²) in [5, 5.41) is 6.16. The van der Waals surface area contributed by atoms with Crippen LogP contribution in [0, 0.1) is 6.92 Å². The molecule has 144 valence electrons. The van der Waals surface area contributed by atoms with Crippen LogP contribution in [0.4, 0.5) is 5.82 Å². The summed E-state index contributed by atoms with van der Waals surface area (Å²) in [6.07, 6.45) is -0.975. The number of aromatic nitrogens is 1. The van der Waals surface area contributed by atoms with E-state index in [1.807, 2.05) is 47.8 Å². The molecule has 1 N–H and O–H groups in total. The number of benzene rings is 1. The third kappa shape index (κ3) is 5.67. The van der Waals surface area contributed by atoms with Gasteiger partial charge in [-0.25, -0.2) is 4.79 Å². The Labute approximate surface area is 165 Å². The zero-order chi connectivity index (χ0) is 19.2. The van der Waals surface area contributed by atoms with E-state index < -0.39 is 18.0 Å². The lowest BCUT2D eigenvalue weighted by atomic mass is 10.2. The number of carbonyl (C=O) groups is 2. The molecule has 0 saturated carbocycles. The zero-order valence-electron chi connectivity index (χ0n) is 15.0. The maximum absolute atomic E-state index is 12.0.